The fourth-order valence-electron chi connectivity index (χ4n) is 3.45. The van der Waals surface area contributed by atoms with Crippen molar-refractivity contribution in [1.82, 2.24) is 10.6 Å². The van der Waals surface area contributed by atoms with Crippen molar-refractivity contribution in [3.8, 4) is 0 Å². The van der Waals surface area contributed by atoms with E-state index < -0.39 is 30.0 Å². The van der Waals surface area contributed by atoms with Crippen molar-refractivity contribution in [1.29, 1.82) is 0 Å². The molecule has 0 aliphatic carbocycles. The van der Waals surface area contributed by atoms with Crippen molar-refractivity contribution in [3.05, 3.63) is 35.7 Å². The third-order valence-electron chi connectivity index (χ3n) is 5.01. The summed E-state index contributed by atoms with van der Waals surface area (Å²) in [5.74, 6) is -1.59. The number of hydrogen-bond donors (Lipinski definition) is 2. The van der Waals surface area contributed by atoms with Crippen molar-refractivity contribution in [2.24, 2.45) is 0 Å². The second kappa shape index (κ2) is 9.69. The van der Waals surface area contributed by atoms with Crippen LogP contribution in [0.15, 0.2) is 24.3 Å². The highest BCUT2D eigenvalue weighted by molar-refractivity contribution is 5.91. The molecule has 0 spiro atoms. The van der Waals surface area contributed by atoms with E-state index in [0.29, 0.717) is 23.4 Å². The van der Waals surface area contributed by atoms with Crippen LogP contribution in [0.2, 0.25) is 0 Å². The number of halogens is 1. The van der Waals surface area contributed by atoms with E-state index in [-0.39, 0.29) is 37.8 Å². The number of rotatable bonds is 7. The van der Waals surface area contributed by atoms with Crippen molar-refractivity contribution >= 4 is 35.0 Å². The van der Waals surface area contributed by atoms with Crippen LogP contribution in [-0.2, 0) is 23.9 Å². The largest absolute Gasteiger partial charge is 0.458 e. The third kappa shape index (κ3) is 5.66. The molecule has 0 bridgehead atoms. The number of benzene rings is 1. The number of cyclic esters (lactones) is 1. The van der Waals surface area contributed by atoms with Gasteiger partial charge in [-0.1, -0.05) is 6.08 Å². The second-order valence-electron chi connectivity index (χ2n) is 7.36. The highest BCUT2D eigenvalue weighted by Gasteiger charge is 2.33. The van der Waals surface area contributed by atoms with E-state index in [1.54, 1.807) is 18.2 Å². The van der Waals surface area contributed by atoms with Gasteiger partial charge in [-0.25, -0.2) is 9.18 Å². The first-order chi connectivity index (χ1) is 14.7. The minimum atomic E-state index is -0.611. The van der Waals surface area contributed by atoms with Gasteiger partial charge in [0.2, 0.25) is 5.91 Å². The molecule has 2 amide bonds. The molecule has 1 aromatic rings. The van der Waals surface area contributed by atoms with Gasteiger partial charge in [0.25, 0.3) is 0 Å². The molecule has 1 fully saturated rings. The monoisotopic (exact) mass is 433 g/mol. The maximum atomic E-state index is 14.9. The Morgan fingerprint density at radius 2 is 2.10 bits per heavy atom. The predicted molar refractivity (Wildman–Crippen MR) is 109 cm³/mol. The van der Waals surface area contributed by atoms with Crippen LogP contribution < -0.4 is 15.5 Å². The van der Waals surface area contributed by atoms with Gasteiger partial charge >= 0.3 is 12.1 Å². The molecule has 10 heteroatoms. The highest BCUT2D eigenvalue weighted by Crippen LogP contribution is 2.30. The standard InChI is InChI=1S/C21H24FN3O6/c1-12(26)24-9-16-10-25(21(29)31-16)15-3-4-17(18(22)8-15)14-5-6-23-19(7-14)20(28)11-30-13(2)27/h3-5,8,16,19,23H,6-7,9-11H2,1-2H3,(H,24,26)/t16-,19?/m0/s1. The first-order valence-electron chi connectivity index (χ1n) is 9.85. The van der Waals surface area contributed by atoms with Crippen molar-refractivity contribution in [3.63, 3.8) is 0 Å². The van der Waals surface area contributed by atoms with Crippen molar-refractivity contribution < 1.29 is 33.0 Å². The highest BCUT2D eigenvalue weighted by atomic mass is 19.1. The Balaban J connectivity index is 1.67. The third-order valence-corrected chi connectivity index (χ3v) is 5.01. The summed E-state index contributed by atoms with van der Waals surface area (Å²) in [5, 5.41) is 5.60. The quantitative estimate of drug-likeness (QED) is 0.621. The number of ether oxygens (including phenoxy) is 2. The van der Waals surface area contributed by atoms with E-state index in [0.717, 1.165) is 0 Å². The minimum absolute atomic E-state index is 0.181. The van der Waals surface area contributed by atoms with Crippen LogP contribution in [0.1, 0.15) is 25.8 Å². The number of nitrogens with zero attached hydrogens (tertiary/aromatic N) is 1. The summed E-state index contributed by atoms with van der Waals surface area (Å²) in [7, 11) is 0. The zero-order valence-electron chi connectivity index (χ0n) is 17.3. The van der Waals surface area contributed by atoms with Crippen LogP contribution in [0, 0.1) is 5.82 Å². The van der Waals surface area contributed by atoms with Crippen molar-refractivity contribution in [2.45, 2.75) is 32.4 Å². The average Bonchev–Trinajstić information content (AvgIpc) is 3.11. The van der Waals surface area contributed by atoms with Gasteiger partial charge in [-0.15, -0.1) is 0 Å². The van der Waals surface area contributed by atoms with Crippen LogP contribution in [0.25, 0.3) is 5.57 Å². The smallest absolute Gasteiger partial charge is 0.414 e. The van der Waals surface area contributed by atoms with E-state index >= 15 is 0 Å². The molecule has 0 aromatic heterocycles. The Morgan fingerprint density at radius 1 is 1.32 bits per heavy atom. The summed E-state index contributed by atoms with van der Waals surface area (Å²) in [4.78, 5) is 47.6. The fraction of sp³-hybridized carbons (Fsp3) is 0.429. The van der Waals surface area contributed by atoms with Gasteiger partial charge < -0.3 is 20.1 Å². The van der Waals surface area contributed by atoms with Crippen LogP contribution in [0.3, 0.4) is 0 Å². The van der Waals surface area contributed by atoms with Gasteiger partial charge in [-0.3, -0.25) is 19.3 Å². The molecule has 1 unspecified atom stereocenters. The maximum Gasteiger partial charge on any atom is 0.414 e. The second-order valence-corrected chi connectivity index (χ2v) is 7.36. The number of carbonyl (C=O) groups excluding carboxylic acids is 4. The lowest BCUT2D eigenvalue weighted by Gasteiger charge is -2.24. The molecule has 9 nitrogen and oxygen atoms in total. The molecule has 3 rings (SSSR count). The minimum Gasteiger partial charge on any atom is -0.458 e. The molecule has 2 heterocycles. The van der Waals surface area contributed by atoms with E-state index in [1.165, 1.54) is 24.8 Å². The number of Topliss-reactive ketones (excluding diaryl/α,β-unsaturated/α-hetero) is 1. The average molecular weight is 433 g/mol. The van der Waals surface area contributed by atoms with Crippen LogP contribution in [-0.4, -0.2) is 62.1 Å². The Hall–Kier alpha value is -3.27. The number of carbonyl (C=O) groups is 4. The molecular formula is C21H24FN3O6. The number of ketones is 1. The molecule has 2 atom stereocenters. The molecule has 1 aromatic carbocycles. The molecule has 2 aliphatic heterocycles. The van der Waals surface area contributed by atoms with Crippen LogP contribution in [0.5, 0.6) is 0 Å². The molecule has 0 saturated carbocycles. The molecule has 2 N–H and O–H groups in total. The molecule has 2 aliphatic rings. The number of esters is 1. The van der Waals surface area contributed by atoms with Crippen LogP contribution in [0.4, 0.5) is 14.9 Å². The van der Waals surface area contributed by atoms with Crippen molar-refractivity contribution in [2.75, 3.05) is 31.1 Å². The summed E-state index contributed by atoms with van der Waals surface area (Å²) in [6, 6.07) is 3.83. The normalized spacial score (nSPS) is 20.7. The maximum absolute atomic E-state index is 14.9. The predicted octanol–water partition coefficient (Wildman–Crippen LogP) is 1.16. The van der Waals surface area contributed by atoms with Gasteiger partial charge in [-0.2, -0.15) is 0 Å². The summed E-state index contributed by atoms with van der Waals surface area (Å²) in [5.41, 5.74) is 1.32. The Kier molecular flexibility index (Phi) is 7.01. The van der Waals surface area contributed by atoms with E-state index in [2.05, 4.69) is 10.6 Å². The number of nitrogens with one attached hydrogen (secondary N) is 2. The van der Waals surface area contributed by atoms with Gasteiger partial charge in [0.15, 0.2) is 12.4 Å². The summed E-state index contributed by atoms with van der Waals surface area (Å²) >= 11 is 0. The van der Waals surface area contributed by atoms with Gasteiger partial charge in [0, 0.05) is 26.0 Å². The number of amides is 2. The van der Waals surface area contributed by atoms with E-state index in [9.17, 15) is 23.6 Å². The van der Waals surface area contributed by atoms with E-state index in [1.807, 2.05) is 0 Å². The molecular weight excluding hydrogens is 409 g/mol. The summed E-state index contributed by atoms with van der Waals surface area (Å²) < 4.78 is 24.8. The van der Waals surface area contributed by atoms with E-state index in [4.69, 9.17) is 9.47 Å². The topological polar surface area (TPSA) is 114 Å². The number of anilines is 1. The molecule has 31 heavy (non-hydrogen) atoms. The zero-order chi connectivity index (χ0) is 22.5. The summed E-state index contributed by atoms with van der Waals surface area (Å²) in [6.07, 6.45) is 0.914. The molecule has 1 saturated heterocycles. The molecule has 0 radical (unpaired) electrons. The van der Waals surface area contributed by atoms with Crippen LogP contribution >= 0.6 is 0 Å². The lowest BCUT2D eigenvalue weighted by atomic mass is 9.93. The fourth-order valence-corrected chi connectivity index (χ4v) is 3.45. The lowest BCUT2D eigenvalue weighted by Crippen LogP contribution is -2.41. The van der Waals surface area contributed by atoms with Gasteiger partial charge in [-0.05, 0) is 30.2 Å². The Bertz CT molecular complexity index is 932. The first-order valence-corrected chi connectivity index (χ1v) is 9.85. The lowest BCUT2D eigenvalue weighted by molar-refractivity contribution is -0.146. The Labute approximate surface area is 178 Å². The first kappa shape index (κ1) is 22.4. The zero-order valence-corrected chi connectivity index (χ0v) is 17.3. The van der Waals surface area contributed by atoms with Gasteiger partial charge in [0.1, 0.15) is 11.9 Å². The summed E-state index contributed by atoms with van der Waals surface area (Å²) in [6.45, 7) is 3.00. The Morgan fingerprint density at radius 3 is 2.77 bits per heavy atom. The van der Waals surface area contributed by atoms with Gasteiger partial charge in [0.05, 0.1) is 24.8 Å². The SMILES string of the molecule is CC(=O)NC[C@H]1CN(c2ccc(C3=CCNC(C(=O)COC(C)=O)C3)c(F)c2)C(=O)O1. The number of hydrogen-bond acceptors (Lipinski definition) is 7. The molecule has 166 valence electrons.